The Balaban J connectivity index is 1.26. The maximum absolute atomic E-state index is 12.4. The minimum Gasteiger partial charge on any atom is -0.497 e. The number of benzene rings is 2. The number of carbonyl (C=O) groups is 1. The molecule has 0 aliphatic heterocycles. The summed E-state index contributed by atoms with van der Waals surface area (Å²) in [6.07, 6.45) is 2.84. The number of nitrogens with zero attached hydrogens (tertiary/aromatic N) is 4. The molecule has 0 aliphatic carbocycles. The summed E-state index contributed by atoms with van der Waals surface area (Å²) in [4.78, 5) is 24.6. The second-order valence-corrected chi connectivity index (χ2v) is 7.02. The first-order valence-electron chi connectivity index (χ1n) is 9.88. The van der Waals surface area contributed by atoms with Gasteiger partial charge in [0.25, 0.3) is 5.56 Å². The van der Waals surface area contributed by atoms with E-state index in [2.05, 4.69) is 20.2 Å². The zero-order valence-corrected chi connectivity index (χ0v) is 16.7. The second-order valence-electron chi connectivity index (χ2n) is 7.02. The maximum atomic E-state index is 12.4. The highest BCUT2D eigenvalue weighted by Gasteiger charge is 2.07. The van der Waals surface area contributed by atoms with Crippen molar-refractivity contribution in [1.29, 1.82) is 0 Å². The number of hydrogen-bond donors (Lipinski definition) is 1. The van der Waals surface area contributed by atoms with Crippen LogP contribution < -0.4 is 15.6 Å². The number of fused-ring (bicyclic) bond motifs is 2. The number of amides is 1. The number of rotatable bonds is 8. The molecule has 0 spiro atoms. The van der Waals surface area contributed by atoms with Crippen molar-refractivity contribution in [3.05, 3.63) is 65.1 Å². The minimum atomic E-state index is -0.183. The summed E-state index contributed by atoms with van der Waals surface area (Å²) < 4.78 is 8.66. The van der Waals surface area contributed by atoms with Gasteiger partial charge in [-0.2, -0.15) is 0 Å². The van der Waals surface area contributed by atoms with Crippen LogP contribution >= 0.6 is 0 Å². The highest BCUT2D eigenvalue weighted by molar-refractivity contribution is 5.81. The van der Waals surface area contributed by atoms with E-state index in [4.69, 9.17) is 4.74 Å². The van der Waals surface area contributed by atoms with Gasteiger partial charge in [0.05, 0.1) is 12.5 Å². The number of carbonyl (C=O) groups excluding carboxylic acids is 1. The maximum Gasteiger partial charge on any atom is 0.277 e. The van der Waals surface area contributed by atoms with Gasteiger partial charge in [0.1, 0.15) is 11.3 Å². The molecule has 0 atom stereocenters. The van der Waals surface area contributed by atoms with E-state index in [1.54, 1.807) is 25.3 Å². The molecule has 2 aromatic carbocycles. The molecule has 1 amide bonds. The molecule has 8 nitrogen and oxygen atoms in total. The van der Waals surface area contributed by atoms with Gasteiger partial charge in [-0.1, -0.05) is 17.3 Å². The quantitative estimate of drug-likeness (QED) is 0.486. The Morgan fingerprint density at radius 3 is 2.87 bits per heavy atom. The molecular weight excluding hydrogens is 382 g/mol. The SMILES string of the molecule is COc1ccc2c(ccn2CCNC(=O)CCCn2nnc3ccccc3c2=O)c1. The van der Waals surface area contributed by atoms with E-state index in [9.17, 15) is 9.59 Å². The van der Waals surface area contributed by atoms with E-state index in [1.165, 1.54) is 4.68 Å². The molecule has 0 unspecified atom stereocenters. The molecule has 154 valence electrons. The van der Waals surface area contributed by atoms with Gasteiger partial charge < -0.3 is 14.6 Å². The zero-order chi connectivity index (χ0) is 20.9. The van der Waals surface area contributed by atoms with Gasteiger partial charge >= 0.3 is 0 Å². The van der Waals surface area contributed by atoms with Crippen molar-refractivity contribution < 1.29 is 9.53 Å². The van der Waals surface area contributed by atoms with Crippen LogP contribution in [0.4, 0.5) is 0 Å². The Morgan fingerprint density at radius 1 is 1.13 bits per heavy atom. The predicted molar refractivity (Wildman–Crippen MR) is 115 cm³/mol. The van der Waals surface area contributed by atoms with Crippen LogP contribution in [0.3, 0.4) is 0 Å². The molecule has 2 heterocycles. The molecule has 0 fully saturated rings. The van der Waals surface area contributed by atoms with Gasteiger partial charge in [0, 0.05) is 43.2 Å². The lowest BCUT2D eigenvalue weighted by atomic mass is 10.2. The van der Waals surface area contributed by atoms with Crippen LogP contribution in [0.2, 0.25) is 0 Å². The minimum absolute atomic E-state index is 0.0464. The number of aryl methyl sites for hydroxylation is 1. The van der Waals surface area contributed by atoms with Crippen molar-refractivity contribution in [3.8, 4) is 5.75 Å². The van der Waals surface area contributed by atoms with Crippen molar-refractivity contribution in [2.24, 2.45) is 0 Å². The second kappa shape index (κ2) is 8.77. The highest BCUT2D eigenvalue weighted by Crippen LogP contribution is 2.21. The van der Waals surface area contributed by atoms with Crippen LogP contribution in [0.15, 0.2) is 59.5 Å². The van der Waals surface area contributed by atoms with E-state index in [0.29, 0.717) is 43.4 Å². The monoisotopic (exact) mass is 405 g/mol. The van der Waals surface area contributed by atoms with Gasteiger partial charge in [-0.25, -0.2) is 4.68 Å². The third-order valence-electron chi connectivity index (χ3n) is 5.06. The van der Waals surface area contributed by atoms with E-state index in [-0.39, 0.29) is 11.5 Å². The lowest BCUT2D eigenvalue weighted by molar-refractivity contribution is -0.121. The highest BCUT2D eigenvalue weighted by atomic mass is 16.5. The first kappa shape index (κ1) is 19.6. The normalized spacial score (nSPS) is 11.1. The average molecular weight is 405 g/mol. The lowest BCUT2D eigenvalue weighted by Gasteiger charge is -2.09. The van der Waals surface area contributed by atoms with Crippen molar-refractivity contribution in [1.82, 2.24) is 24.9 Å². The molecule has 30 heavy (non-hydrogen) atoms. The molecule has 2 aromatic heterocycles. The first-order valence-corrected chi connectivity index (χ1v) is 9.88. The Hall–Kier alpha value is -3.68. The first-order chi connectivity index (χ1) is 14.7. The Bertz CT molecular complexity index is 1240. The molecule has 4 aromatic rings. The van der Waals surface area contributed by atoms with Gasteiger partial charge in [0.2, 0.25) is 5.91 Å². The molecule has 0 saturated heterocycles. The molecule has 0 bridgehead atoms. The van der Waals surface area contributed by atoms with Gasteiger partial charge in [-0.15, -0.1) is 5.10 Å². The Kier molecular flexibility index (Phi) is 5.74. The van der Waals surface area contributed by atoms with E-state index in [1.807, 2.05) is 36.5 Å². The number of ether oxygens (including phenoxy) is 1. The molecule has 8 heteroatoms. The van der Waals surface area contributed by atoms with Gasteiger partial charge in [0.15, 0.2) is 0 Å². The van der Waals surface area contributed by atoms with Crippen LogP contribution in [-0.2, 0) is 17.9 Å². The summed E-state index contributed by atoms with van der Waals surface area (Å²) in [6, 6.07) is 15.1. The van der Waals surface area contributed by atoms with Gasteiger partial charge in [-0.05, 0) is 42.8 Å². The fourth-order valence-electron chi connectivity index (χ4n) is 3.46. The zero-order valence-electron chi connectivity index (χ0n) is 16.7. The van der Waals surface area contributed by atoms with Crippen molar-refractivity contribution in [3.63, 3.8) is 0 Å². The van der Waals surface area contributed by atoms with E-state index < -0.39 is 0 Å². The smallest absolute Gasteiger partial charge is 0.277 e. The summed E-state index contributed by atoms with van der Waals surface area (Å²) in [5.74, 6) is 0.777. The summed E-state index contributed by atoms with van der Waals surface area (Å²) in [5, 5.41) is 12.6. The Labute approximate surface area is 173 Å². The predicted octanol–water partition coefficient (Wildman–Crippen LogP) is 2.35. The third kappa shape index (κ3) is 4.17. The fraction of sp³-hybridized carbons (Fsp3) is 0.273. The van der Waals surface area contributed by atoms with Crippen LogP contribution in [0.5, 0.6) is 5.75 Å². The largest absolute Gasteiger partial charge is 0.497 e. The summed E-state index contributed by atoms with van der Waals surface area (Å²) >= 11 is 0. The van der Waals surface area contributed by atoms with Crippen LogP contribution in [0.1, 0.15) is 12.8 Å². The van der Waals surface area contributed by atoms with E-state index >= 15 is 0 Å². The standard InChI is InChI=1S/C22H23N5O3/c1-30-17-8-9-20-16(15-17)10-13-26(20)14-11-23-21(28)7-4-12-27-22(29)18-5-2-3-6-19(18)24-25-27/h2-3,5-6,8-10,13,15H,4,7,11-12,14H2,1H3,(H,23,28). The third-order valence-corrected chi connectivity index (χ3v) is 5.06. The fourth-order valence-corrected chi connectivity index (χ4v) is 3.46. The molecule has 0 radical (unpaired) electrons. The number of aromatic nitrogens is 4. The van der Waals surface area contributed by atoms with Gasteiger partial charge in [-0.3, -0.25) is 9.59 Å². The van der Waals surface area contributed by atoms with Crippen molar-refractivity contribution in [2.45, 2.75) is 25.9 Å². The van der Waals surface area contributed by atoms with E-state index in [0.717, 1.165) is 16.7 Å². The molecular formula is C22H23N5O3. The summed E-state index contributed by atoms with van der Waals surface area (Å²) in [6.45, 7) is 1.57. The van der Waals surface area contributed by atoms with Crippen molar-refractivity contribution >= 4 is 27.7 Å². The van der Waals surface area contributed by atoms with Crippen molar-refractivity contribution in [2.75, 3.05) is 13.7 Å². The number of nitrogens with one attached hydrogen (secondary N) is 1. The van der Waals surface area contributed by atoms with Crippen LogP contribution in [0, 0.1) is 0 Å². The lowest BCUT2D eigenvalue weighted by Crippen LogP contribution is -2.28. The average Bonchev–Trinajstić information content (AvgIpc) is 3.17. The molecule has 0 saturated carbocycles. The molecule has 4 rings (SSSR count). The summed E-state index contributed by atoms with van der Waals surface area (Å²) in [5.41, 5.74) is 1.49. The Morgan fingerprint density at radius 2 is 2.00 bits per heavy atom. The molecule has 0 aliphatic rings. The summed E-state index contributed by atoms with van der Waals surface area (Å²) in [7, 11) is 1.65. The topological polar surface area (TPSA) is 91.0 Å². The molecule has 1 N–H and O–H groups in total. The van der Waals surface area contributed by atoms with Crippen LogP contribution in [-0.4, -0.2) is 39.1 Å². The number of methoxy groups -OCH3 is 1. The number of hydrogen-bond acceptors (Lipinski definition) is 5. The van der Waals surface area contributed by atoms with Crippen LogP contribution in [0.25, 0.3) is 21.8 Å².